The van der Waals surface area contributed by atoms with Crippen molar-refractivity contribution in [2.45, 2.75) is 63.9 Å². The van der Waals surface area contributed by atoms with E-state index >= 15 is 0 Å². The van der Waals surface area contributed by atoms with Crippen molar-refractivity contribution in [1.29, 1.82) is 0 Å². The van der Waals surface area contributed by atoms with E-state index in [1.54, 1.807) is 6.26 Å². The molecule has 0 spiro atoms. The van der Waals surface area contributed by atoms with E-state index in [-0.39, 0.29) is 11.2 Å². The number of hydrogen-bond acceptors (Lipinski definition) is 3. The summed E-state index contributed by atoms with van der Waals surface area (Å²) in [5, 5.41) is 11.6. The minimum absolute atomic E-state index is 0.242. The fourth-order valence-electron chi connectivity index (χ4n) is 6.41. The van der Waals surface area contributed by atoms with Gasteiger partial charge in [-0.3, -0.25) is 9.00 Å². The maximum atomic E-state index is 12.0. The molecule has 4 rings (SSSR count). The molecule has 4 heteroatoms. The van der Waals surface area contributed by atoms with Crippen LogP contribution in [0.25, 0.3) is 0 Å². The van der Waals surface area contributed by atoms with Crippen molar-refractivity contribution in [1.82, 2.24) is 0 Å². The van der Waals surface area contributed by atoms with E-state index in [9.17, 15) is 14.1 Å². The highest BCUT2D eigenvalue weighted by Crippen LogP contribution is 2.63. The second kappa shape index (κ2) is 6.56. The first kappa shape index (κ1) is 18.4. The van der Waals surface area contributed by atoms with E-state index < -0.39 is 16.4 Å². The fourth-order valence-corrected chi connectivity index (χ4v) is 7.50. The van der Waals surface area contributed by atoms with Gasteiger partial charge < -0.3 is 5.11 Å². The van der Waals surface area contributed by atoms with Gasteiger partial charge in [0.05, 0.1) is 11.4 Å². The van der Waals surface area contributed by atoms with E-state index in [2.05, 4.69) is 19.1 Å². The van der Waals surface area contributed by atoms with Crippen molar-refractivity contribution in [3.8, 4) is 0 Å². The third-order valence-electron chi connectivity index (χ3n) is 7.37. The zero-order valence-electron chi connectivity index (χ0n) is 15.9. The Morgan fingerprint density at radius 1 is 1.27 bits per heavy atom. The van der Waals surface area contributed by atoms with E-state index in [1.165, 1.54) is 16.7 Å². The Balaban J connectivity index is 1.80. The molecule has 5 atom stereocenters. The van der Waals surface area contributed by atoms with E-state index in [1.807, 2.05) is 6.08 Å². The van der Waals surface area contributed by atoms with E-state index in [0.29, 0.717) is 24.0 Å². The van der Waals surface area contributed by atoms with Gasteiger partial charge in [-0.2, -0.15) is 0 Å². The molecule has 4 aliphatic carbocycles. The molecule has 142 valence electrons. The molecule has 0 aromatic carbocycles. The van der Waals surface area contributed by atoms with Crippen molar-refractivity contribution >= 4 is 16.6 Å². The first-order valence-electron chi connectivity index (χ1n) is 10.1. The van der Waals surface area contributed by atoms with Crippen LogP contribution in [-0.4, -0.2) is 32.7 Å². The van der Waals surface area contributed by atoms with Gasteiger partial charge in [0, 0.05) is 28.9 Å². The molecular weight excluding hydrogens is 344 g/mol. The number of rotatable bonds is 4. The van der Waals surface area contributed by atoms with Crippen LogP contribution in [-0.2, 0) is 15.6 Å². The van der Waals surface area contributed by atoms with Crippen molar-refractivity contribution in [3.05, 3.63) is 34.9 Å². The normalized spacial score (nSPS) is 40.0. The highest BCUT2D eigenvalue weighted by molar-refractivity contribution is 7.84. The Morgan fingerprint density at radius 2 is 2.08 bits per heavy atom. The quantitative estimate of drug-likeness (QED) is 0.813. The largest absolute Gasteiger partial charge is 0.388 e. The highest BCUT2D eigenvalue weighted by atomic mass is 32.2. The summed E-state index contributed by atoms with van der Waals surface area (Å²) in [7, 11) is -1.00. The lowest BCUT2D eigenvalue weighted by Crippen LogP contribution is -2.52. The first-order valence-corrected chi connectivity index (χ1v) is 11.8. The molecule has 1 saturated carbocycles. The first-order chi connectivity index (χ1) is 12.4. The predicted octanol–water partition coefficient (Wildman–Crippen LogP) is 3.86. The Bertz CT molecular complexity index is 746. The van der Waals surface area contributed by atoms with Crippen LogP contribution < -0.4 is 0 Å². The standard InChI is InChI=1S/C22H30O3S/c1-3-10-21-11-8-18-17-7-5-16(23)13-15(17)4-6-19(18)20(21)9-12-22(21,24)14-26(2)25/h8,11,13,19-20,24H,3-7,9-10,12,14H2,1-2H3/t19-,20+,21+,22-,26?/m1/s1. The van der Waals surface area contributed by atoms with Gasteiger partial charge in [-0.05, 0) is 73.2 Å². The van der Waals surface area contributed by atoms with Gasteiger partial charge >= 0.3 is 0 Å². The van der Waals surface area contributed by atoms with Crippen LogP contribution in [0, 0.1) is 17.3 Å². The third-order valence-corrected chi connectivity index (χ3v) is 8.25. The molecule has 4 aliphatic rings. The molecular formula is C22H30O3S. The summed E-state index contributed by atoms with van der Waals surface area (Å²) in [6.45, 7) is 2.18. The minimum atomic E-state index is -1.00. The predicted molar refractivity (Wildman–Crippen MR) is 105 cm³/mol. The van der Waals surface area contributed by atoms with Crippen molar-refractivity contribution in [3.63, 3.8) is 0 Å². The van der Waals surface area contributed by atoms with Crippen LogP contribution in [0.15, 0.2) is 34.9 Å². The van der Waals surface area contributed by atoms with Gasteiger partial charge in [-0.1, -0.05) is 25.5 Å². The maximum Gasteiger partial charge on any atom is 0.156 e. The molecule has 0 heterocycles. The number of carbonyl (C=O) groups excluding carboxylic acids is 1. The third kappa shape index (κ3) is 2.63. The lowest BCUT2D eigenvalue weighted by molar-refractivity contribution is -0.114. The van der Waals surface area contributed by atoms with Crippen molar-refractivity contribution in [2.75, 3.05) is 12.0 Å². The second-order valence-corrected chi connectivity index (χ2v) is 10.2. The Morgan fingerprint density at radius 3 is 2.81 bits per heavy atom. The smallest absolute Gasteiger partial charge is 0.156 e. The molecule has 0 amide bonds. The van der Waals surface area contributed by atoms with Crippen LogP contribution in [0.1, 0.15) is 58.3 Å². The lowest BCUT2D eigenvalue weighted by Gasteiger charge is -2.50. The Labute approximate surface area is 159 Å². The highest BCUT2D eigenvalue weighted by Gasteiger charge is 2.61. The molecule has 0 aliphatic heterocycles. The molecule has 1 unspecified atom stereocenters. The van der Waals surface area contributed by atoms with Gasteiger partial charge in [0.25, 0.3) is 0 Å². The molecule has 0 aromatic rings. The molecule has 0 bridgehead atoms. The van der Waals surface area contributed by atoms with E-state index in [0.717, 1.165) is 44.9 Å². The minimum Gasteiger partial charge on any atom is -0.388 e. The van der Waals surface area contributed by atoms with Gasteiger partial charge in [0.1, 0.15) is 0 Å². The van der Waals surface area contributed by atoms with Crippen LogP contribution in [0.4, 0.5) is 0 Å². The molecule has 0 aromatic heterocycles. The van der Waals surface area contributed by atoms with E-state index in [4.69, 9.17) is 0 Å². The number of carbonyl (C=O) groups is 1. The summed E-state index contributed by atoms with van der Waals surface area (Å²) < 4.78 is 12.0. The molecule has 0 saturated heterocycles. The summed E-state index contributed by atoms with van der Waals surface area (Å²) in [4.78, 5) is 11.8. The average molecular weight is 375 g/mol. The number of ketones is 1. The van der Waals surface area contributed by atoms with Gasteiger partial charge in [0.2, 0.25) is 0 Å². The summed E-state index contributed by atoms with van der Waals surface area (Å²) >= 11 is 0. The number of hydrogen-bond donors (Lipinski definition) is 1. The zero-order chi connectivity index (χ0) is 18.5. The van der Waals surface area contributed by atoms with Gasteiger partial charge in [-0.15, -0.1) is 0 Å². The van der Waals surface area contributed by atoms with Crippen LogP contribution in [0.3, 0.4) is 0 Å². The maximum absolute atomic E-state index is 12.0. The van der Waals surface area contributed by atoms with Gasteiger partial charge in [-0.25, -0.2) is 0 Å². The summed E-state index contributed by atoms with van der Waals surface area (Å²) in [6, 6.07) is 0. The van der Waals surface area contributed by atoms with Crippen molar-refractivity contribution < 1.29 is 14.1 Å². The average Bonchev–Trinajstić information content (AvgIpc) is 2.86. The molecule has 1 N–H and O–H groups in total. The Hall–Kier alpha value is -1.00. The monoisotopic (exact) mass is 374 g/mol. The second-order valence-electron chi connectivity index (χ2n) is 8.73. The number of allylic oxidation sites excluding steroid dienone is 5. The lowest BCUT2D eigenvalue weighted by atomic mass is 9.56. The number of aliphatic hydroxyl groups is 1. The number of fused-ring (bicyclic) bond motifs is 4. The molecule has 0 radical (unpaired) electrons. The summed E-state index contributed by atoms with van der Waals surface area (Å²) in [5.74, 6) is 1.56. The topological polar surface area (TPSA) is 54.4 Å². The van der Waals surface area contributed by atoms with Gasteiger partial charge in [0.15, 0.2) is 5.78 Å². The molecule has 3 nitrogen and oxygen atoms in total. The molecule has 26 heavy (non-hydrogen) atoms. The Kier molecular flexibility index (Phi) is 4.63. The fraction of sp³-hybridized carbons (Fsp3) is 0.682. The zero-order valence-corrected chi connectivity index (χ0v) is 16.7. The van der Waals surface area contributed by atoms with Crippen LogP contribution in [0.2, 0.25) is 0 Å². The van der Waals surface area contributed by atoms with Crippen LogP contribution >= 0.6 is 0 Å². The van der Waals surface area contributed by atoms with Crippen LogP contribution in [0.5, 0.6) is 0 Å². The summed E-state index contributed by atoms with van der Waals surface area (Å²) in [6.07, 6.45) is 15.4. The SMILES string of the molecule is CCC[C@]12C=CC3=C4CCC(=O)C=C4CC[C@H]3[C@@H]1CC[C@@]2(O)CS(C)=O. The molecule has 1 fully saturated rings. The summed E-state index contributed by atoms with van der Waals surface area (Å²) in [5.41, 5.74) is 2.99. The van der Waals surface area contributed by atoms with Crippen molar-refractivity contribution in [2.24, 2.45) is 17.3 Å².